The molecule has 0 aliphatic rings. The van der Waals surface area contributed by atoms with Gasteiger partial charge in [-0.25, -0.2) is 0 Å². The quantitative estimate of drug-likeness (QED) is 0.549. The Morgan fingerprint density at radius 2 is 2.30 bits per heavy atom. The molecule has 0 aliphatic heterocycles. The Bertz CT molecular complexity index is 496. The normalized spacial score (nSPS) is 11.9. The van der Waals surface area contributed by atoms with E-state index in [1.54, 1.807) is 6.07 Å². The minimum atomic E-state index is -0.498. The number of halogens is 1. The number of hydrogen-bond donors (Lipinski definition) is 2. The fraction of sp³-hybridized carbons (Fsp3) is 0.417. The second-order valence-electron chi connectivity index (χ2n) is 4.00. The van der Waals surface area contributed by atoms with Crippen molar-refractivity contribution in [3.05, 3.63) is 32.8 Å². The lowest BCUT2D eigenvalue weighted by atomic mass is 10.2. The number of likely N-dealkylation sites (N-methyl/N-ethyl adjacent to an activating group) is 1. The van der Waals surface area contributed by atoms with E-state index in [0.717, 1.165) is 0 Å². The first-order valence-electron chi connectivity index (χ1n) is 6.05. The first-order valence-corrected chi connectivity index (χ1v) is 6.85. The van der Waals surface area contributed by atoms with Crippen LogP contribution < -0.4 is 15.8 Å². The summed E-state index contributed by atoms with van der Waals surface area (Å²) in [6.45, 7) is 2.71. The van der Waals surface area contributed by atoms with Gasteiger partial charge in [0.2, 0.25) is 5.91 Å². The molecule has 1 unspecified atom stereocenters. The summed E-state index contributed by atoms with van der Waals surface area (Å²) in [6, 6.07) is 4.05. The number of hydrogen-bond acceptors (Lipinski definition) is 5. The van der Waals surface area contributed by atoms with Gasteiger partial charge in [-0.15, -0.1) is 0 Å². The highest BCUT2D eigenvalue weighted by atomic mass is 79.9. The standard InChI is InChI=1S/C12H16BrN3O4/c1-2-15-8(12(14)17)6-7-20-10-5-3-4-9(11(10)13)16(18)19/h3-5,8,15H,2,6-7H2,1H3,(H2,14,17). The Morgan fingerprint density at radius 3 is 2.85 bits per heavy atom. The van der Waals surface area contributed by atoms with Crippen LogP contribution in [0.3, 0.4) is 0 Å². The Kier molecular flexibility index (Phi) is 6.40. The third-order valence-corrected chi connectivity index (χ3v) is 3.39. The van der Waals surface area contributed by atoms with Crippen LogP contribution in [0.2, 0.25) is 0 Å². The molecule has 0 saturated carbocycles. The first-order chi connectivity index (χ1) is 9.47. The van der Waals surface area contributed by atoms with Crippen molar-refractivity contribution in [3.63, 3.8) is 0 Å². The molecule has 0 saturated heterocycles. The average molecular weight is 346 g/mol. The van der Waals surface area contributed by atoms with Crippen LogP contribution in [0, 0.1) is 10.1 Å². The predicted octanol–water partition coefficient (Wildman–Crippen LogP) is 1.59. The minimum Gasteiger partial charge on any atom is -0.492 e. The van der Waals surface area contributed by atoms with Crippen LogP contribution in [0.5, 0.6) is 5.75 Å². The second-order valence-corrected chi connectivity index (χ2v) is 4.79. The molecule has 0 aromatic heterocycles. The Labute approximate surface area is 124 Å². The molecule has 1 aromatic carbocycles. The van der Waals surface area contributed by atoms with Crippen molar-refractivity contribution in [2.75, 3.05) is 13.2 Å². The molecule has 0 spiro atoms. The molecule has 8 heteroatoms. The molecule has 0 bridgehead atoms. The molecule has 0 fully saturated rings. The van der Waals surface area contributed by atoms with Crippen molar-refractivity contribution >= 4 is 27.5 Å². The number of primary amides is 1. The van der Waals surface area contributed by atoms with Crippen molar-refractivity contribution in [3.8, 4) is 5.75 Å². The van der Waals surface area contributed by atoms with Crippen LogP contribution >= 0.6 is 15.9 Å². The maximum Gasteiger partial charge on any atom is 0.287 e. The fourth-order valence-electron chi connectivity index (χ4n) is 1.63. The summed E-state index contributed by atoms with van der Waals surface area (Å²) in [5, 5.41) is 13.7. The zero-order chi connectivity index (χ0) is 15.1. The predicted molar refractivity (Wildman–Crippen MR) is 77.6 cm³/mol. The van der Waals surface area contributed by atoms with Crippen LogP contribution in [0.1, 0.15) is 13.3 Å². The number of nitro groups is 1. The van der Waals surface area contributed by atoms with Crippen molar-refractivity contribution in [1.82, 2.24) is 5.32 Å². The van der Waals surface area contributed by atoms with Crippen LogP contribution in [0.15, 0.2) is 22.7 Å². The Hall–Kier alpha value is -1.67. The van der Waals surface area contributed by atoms with Gasteiger partial charge >= 0.3 is 0 Å². The monoisotopic (exact) mass is 345 g/mol. The largest absolute Gasteiger partial charge is 0.492 e. The lowest BCUT2D eigenvalue weighted by molar-refractivity contribution is -0.385. The molecule has 1 rings (SSSR count). The molecule has 0 radical (unpaired) electrons. The van der Waals surface area contributed by atoms with Gasteiger partial charge in [0.1, 0.15) is 10.2 Å². The van der Waals surface area contributed by atoms with Crippen LogP contribution in [0.4, 0.5) is 5.69 Å². The van der Waals surface area contributed by atoms with Crippen LogP contribution in [-0.2, 0) is 4.79 Å². The van der Waals surface area contributed by atoms with Gasteiger partial charge in [0.25, 0.3) is 5.69 Å². The number of carbonyl (C=O) groups is 1. The Morgan fingerprint density at radius 1 is 1.60 bits per heavy atom. The number of ether oxygens (including phenoxy) is 1. The molecule has 0 heterocycles. The van der Waals surface area contributed by atoms with Crippen molar-refractivity contribution in [2.45, 2.75) is 19.4 Å². The minimum absolute atomic E-state index is 0.0689. The highest BCUT2D eigenvalue weighted by Crippen LogP contribution is 2.33. The van der Waals surface area contributed by atoms with Gasteiger partial charge in [0.15, 0.2) is 0 Å². The van der Waals surface area contributed by atoms with E-state index >= 15 is 0 Å². The van der Waals surface area contributed by atoms with Gasteiger partial charge in [-0.1, -0.05) is 13.0 Å². The maximum absolute atomic E-state index is 11.1. The number of benzene rings is 1. The summed E-state index contributed by atoms with van der Waals surface area (Å²) >= 11 is 3.13. The van der Waals surface area contributed by atoms with E-state index in [1.165, 1.54) is 12.1 Å². The fourth-order valence-corrected chi connectivity index (χ4v) is 2.15. The van der Waals surface area contributed by atoms with E-state index in [4.69, 9.17) is 10.5 Å². The highest BCUT2D eigenvalue weighted by molar-refractivity contribution is 9.10. The van der Waals surface area contributed by atoms with Gasteiger partial charge in [0.05, 0.1) is 17.6 Å². The van der Waals surface area contributed by atoms with Gasteiger partial charge in [-0.05, 0) is 28.5 Å². The van der Waals surface area contributed by atoms with Crippen molar-refractivity contribution in [1.29, 1.82) is 0 Å². The lowest BCUT2D eigenvalue weighted by Crippen LogP contribution is -2.42. The molecular weight excluding hydrogens is 330 g/mol. The third kappa shape index (κ3) is 4.46. The number of nitrogens with one attached hydrogen (secondary N) is 1. The maximum atomic E-state index is 11.1. The molecule has 110 valence electrons. The summed E-state index contributed by atoms with van der Waals surface area (Å²) in [5.41, 5.74) is 5.17. The smallest absolute Gasteiger partial charge is 0.287 e. The average Bonchev–Trinajstić information content (AvgIpc) is 2.39. The number of nitro benzene ring substituents is 1. The van der Waals surface area contributed by atoms with Gasteiger partial charge in [-0.2, -0.15) is 0 Å². The summed E-state index contributed by atoms with van der Waals surface area (Å²) in [5.74, 6) is -0.0903. The Balaban J connectivity index is 2.64. The van der Waals surface area contributed by atoms with E-state index in [-0.39, 0.29) is 16.8 Å². The zero-order valence-corrected chi connectivity index (χ0v) is 12.6. The van der Waals surface area contributed by atoms with Crippen molar-refractivity contribution < 1.29 is 14.5 Å². The topological polar surface area (TPSA) is 107 Å². The summed E-state index contributed by atoms with van der Waals surface area (Å²) in [6.07, 6.45) is 0.387. The SMILES string of the molecule is CCNC(CCOc1cccc([N+](=O)[O-])c1Br)C(N)=O. The zero-order valence-electron chi connectivity index (χ0n) is 11.0. The van der Waals surface area contributed by atoms with Crippen LogP contribution in [0.25, 0.3) is 0 Å². The third-order valence-electron chi connectivity index (χ3n) is 2.60. The molecular formula is C12H16BrN3O4. The highest BCUT2D eigenvalue weighted by Gasteiger charge is 2.17. The van der Waals surface area contributed by atoms with E-state index in [2.05, 4.69) is 21.2 Å². The molecule has 1 amide bonds. The van der Waals surface area contributed by atoms with Crippen molar-refractivity contribution in [2.24, 2.45) is 5.73 Å². The molecule has 1 atom stereocenters. The molecule has 7 nitrogen and oxygen atoms in total. The molecule has 0 aliphatic carbocycles. The molecule has 20 heavy (non-hydrogen) atoms. The van der Waals surface area contributed by atoms with Gasteiger partial charge in [0, 0.05) is 12.5 Å². The van der Waals surface area contributed by atoms with Gasteiger partial charge in [-0.3, -0.25) is 14.9 Å². The summed E-state index contributed by atoms with van der Waals surface area (Å²) in [7, 11) is 0. The van der Waals surface area contributed by atoms with E-state index in [0.29, 0.717) is 18.7 Å². The van der Waals surface area contributed by atoms with E-state index < -0.39 is 16.9 Å². The lowest BCUT2D eigenvalue weighted by Gasteiger charge is -2.15. The number of rotatable bonds is 8. The molecule has 3 N–H and O–H groups in total. The van der Waals surface area contributed by atoms with Crippen LogP contribution in [-0.4, -0.2) is 30.0 Å². The van der Waals surface area contributed by atoms with E-state index in [1.807, 2.05) is 6.92 Å². The van der Waals surface area contributed by atoms with E-state index in [9.17, 15) is 14.9 Å². The summed E-state index contributed by atoms with van der Waals surface area (Å²) < 4.78 is 5.74. The number of carbonyl (C=O) groups excluding carboxylic acids is 1. The molecule has 1 aromatic rings. The number of amides is 1. The summed E-state index contributed by atoms with van der Waals surface area (Å²) in [4.78, 5) is 21.4. The first kappa shape index (κ1) is 16.4. The second kappa shape index (κ2) is 7.81. The number of nitrogens with two attached hydrogens (primary N) is 1. The van der Waals surface area contributed by atoms with Gasteiger partial charge < -0.3 is 15.8 Å². The number of nitrogens with zero attached hydrogens (tertiary/aromatic N) is 1.